The molecule has 1 aromatic heterocycles. The number of likely N-dealkylation sites (N-methyl/N-ethyl adjacent to an activating group) is 1. The molecule has 0 spiro atoms. The summed E-state index contributed by atoms with van der Waals surface area (Å²) in [4.78, 5) is 25.1. The molecule has 0 radical (unpaired) electrons. The lowest BCUT2D eigenvalue weighted by molar-refractivity contribution is -0.141. The van der Waals surface area contributed by atoms with E-state index in [9.17, 15) is 9.59 Å². The highest BCUT2D eigenvalue weighted by atomic mass is 16.4. The van der Waals surface area contributed by atoms with Crippen molar-refractivity contribution in [1.82, 2.24) is 9.47 Å². The van der Waals surface area contributed by atoms with Crippen LogP contribution in [0.25, 0.3) is 0 Å². The van der Waals surface area contributed by atoms with Gasteiger partial charge in [0, 0.05) is 18.4 Å². The Morgan fingerprint density at radius 1 is 1.12 bits per heavy atom. The Kier molecular flexibility index (Phi) is 5.12. The lowest BCUT2D eigenvalue weighted by atomic mass is 10.1. The number of rotatable bonds is 5. The van der Waals surface area contributed by atoms with E-state index in [0.717, 1.165) is 17.0 Å². The molecule has 2 atom stereocenters. The van der Waals surface area contributed by atoms with E-state index in [4.69, 9.17) is 5.11 Å². The first-order chi connectivity index (χ1) is 11.3. The molecule has 1 aromatic carbocycles. The number of nitrogens with zero attached hydrogens (tertiary/aromatic N) is 2. The monoisotopic (exact) mass is 328 g/mol. The standard InChI is InChI=1S/C19H24N2O3/c1-12-11-17(18(22)20(5)15(4)19(23)24)14(3)21(12)13(2)16-9-7-6-8-10-16/h6-11,13,15H,1-5H3,(H,23,24). The van der Waals surface area contributed by atoms with E-state index in [0.29, 0.717) is 5.56 Å². The van der Waals surface area contributed by atoms with Crippen molar-refractivity contribution < 1.29 is 14.7 Å². The van der Waals surface area contributed by atoms with Gasteiger partial charge in [0.1, 0.15) is 6.04 Å². The van der Waals surface area contributed by atoms with Gasteiger partial charge in [0.25, 0.3) is 5.91 Å². The number of hydrogen-bond acceptors (Lipinski definition) is 2. The van der Waals surface area contributed by atoms with Gasteiger partial charge in [-0.3, -0.25) is 4.79 Å². The molecule has 1 N–H and O–H groups in total. The normalized spacial score (nSPS) is 13.4. The van der Waals surface area contributed by atoms with Crippen molar-refractivity contribution in [2.45, 2.75) is 39.8 Å². The van der Waals surface area contributed by atoms with Crippen molar-refractivity contribution in [3.8, 4) is 0 Å². The molecule has 5 nitrogen and oxygen atoms in total. The topological polar surface area (TPSA) is 62.5 Å². The number of carbonyl (C=O) groups is 2. The van der Waals surface area contributed by atoms with Crippen LogP contribution >= 0.6 is 0 Å². The number of aromatic nitrogens is 1. The van der Waals surface area contributed by atoms with Crippen molar-refractivity contribution >= 4 is 11.9 Å². The fourth-order valence-electron chi connectivity index (χ4n) is 3.00. The average molecular weight is 328 g/mol. The fraction of sp³-hybridized carbons (Fsp3) is 0.368. The van der Waals surface area contributed by atoms with Gasteiger partial charge < -0.3 is 14.6 Å². The molecule has 0 aliphatic heterocycles. The molecule has 1 amide bonds. The molecular weight excluding hydrogens is 304 g/mol. The number of amides is 1. The smallest absolute Gasteiger partial charge is 0.326 e. The molecule has 24 heavy (non-hydrogen) atoms. The number of aliphatic carboxylic acids is 1. The van der Waals surface area contributed by atoms with Crippen LogP contribution in [0, 0.1) is 13.8 Å². The second kappa shape index (κ2) is 6.91. The van der Waals surface area contributed by atoms with E-state index in [2.05, 4.69) is 23.6 Å². The molecule has 128 valence electrons. The van der Waals surface area contributed by atoms with Crippen LogP contribution in [0.2, 0.25) is 0 Å². The third-order valence-corrected chi connectivity index (χ3v) is 4.64. The van der Waals surface area contributed by atoms with Gasteiger partial charge in [0.05, 0.1) is 11.6 Å². The van der Waals surface area contributed by atoms with Crippen LogP contribution in [0.15, 0.2) is 36.4 Å². The average Bonchev–Trinajstić information content (AvgIpc) is 2.87. The Balaban J connectivity index is 2.39. The molecule has 0 aliphatic carbocycles. The number of aryl methyl sites for hydroxylation is 1. The van der Waals surface area contributed by atoms with Crippen LogP contribution in [0.3, 0.4) is 0 Å². The highest BCUT2D eigenvalue weighted by Crippen LogP contribution is 2.26. The SMILES string of the molecule is Cc1cc(C(=O)N(C)C(C)C(=O)O)c(C)n1C(C)c1ccccc1. The number of carbonyl (C=O) groups excluding carboxylic acids is 1. The Morgan fingerprint density at radius 3 is 2.25 bits per heavy atom. The zero-order valence-electron chi connectivity index (χ0n) is 14.8. The van der Waals surface area contributed by atoms with Crippen molar-refractivity contribution in [2.24, 2.45) is 0 Å². The molecule has 0 saturated heterocycles. The lowest BCUT2D eigenvalue weighted by Gasteiger charge is -2.22. The molecule has 0 bridgehead atoms. The molecule has 1 heterocycles. The summed E-state index contributed by atoms with van der Waals surface area (Å²) in [6.07, 6.45) is 0. The van der Waals surface area contributed by atoms with Crippen molar-refractivity contribution in [3.63, 3.8) is 0 Å². The third kappa shape index (κ3) is 3.20. The molecule has 0 saturated carbocycles. The second-order valence-electron chi connectivity index (χ2n) is 6.17. The molecule has 0 fully saturated rings. The van der Waals surface area contributed by atoms with Gasteiger partial charge in [0.2, 0.25) is 0 Å². The molecular formula is C19H24N2O3. The summed E-state index contributed by atoms with van der Waals surface area (Å²) in [5.74, 6) is -1.29. The minimum atomic E-state index is -1.02. The fourth-order valence-corrected chi connectivity index (χ4v) is 3.00. The van der Waals surface area contributed by atoms with Gasteiger partial charge in [-0.2, -0.15) is 0 Å². The number of carboxylic acids is 1. The number of benzene rings is 1. The maximum Gasteiger partial charge on any atom is 0.326 e. The van der Waals surface area contributed by atoms with Crippen LogP contribution in [-0.4, -0.2) is 39.5 Å². The highest BCUT2D eigenvalue weighted by Gasteiger charge is 2.26. The molecule has 5 heteroatoms. The predicted molar refractivity (Wildman–Crippen MR) is 93.4 cm³/mol. The van der Waals surface area contributed by atoms with Crippen LogP contribution < -0.4 is 0 Å². The number of carboxylic acid groups (broad SMARTS) is 1. The van der Waals surface area contributed by atoms with Crippen LogP contribution in [0.5, 0.6) is 0 Å². The lowest BCUT2D eigenvalue weighted by Crippen LogP contribution is -2.40. The van der Waals surface area contributed by atoms with Crippen LogP contribution in [0.1, 0.15) is 47.2 Å². The Bertz CT molecular complexity index is 749. The number of hydrogen-bond donors (Lipinski definition) is 1. The summed E-state index contributed by atoms with van der Waals surface area (Å²) in [6, 6.07) is 11.1. The summed E-state index contributed by atoms with van der Waals surface area (Å²) in [7, 11) is 1.52. The van der Waals surface area contributed by atoms with Crippen LogP contribution in [0.4, 0.5) is 0 Å². The first kappa shape index (κ1) is 17.8. The summed E-state index contributed by atoms with van der Waals surface area (Å²) >= 11 is 0. The van der Waals surface area contributed by atoms with Gasteiger partial charge in [-0.1, -0.05) is 30.3 Å². The summed E-state index contributed by atoms with van der Waals surface area (Å²) in [5, 5.41) is 9.12. The second-order valence-corrected chi connectivity index (χ2v) is 6.17. The minimum Gasteiger partial charge on any atom is -0.480 e. The maximum absolute atomic E-state index is 12.7. The van der Waals surface area contributed by atoms with E-state index in [-0.39, 0.29) is 11.9 Å². The van der Waals surface area contributed by atoms with Crippen molar-refractivity contribution in [3.05, 3.63) is 58.9 Å². The minimum absolute atomic E-state index is 0.0925. The van der Waals surface area contributed by atoms with E-state index >= 15 is 0 Å². The van der Waals surface area contributed by atoms with Crippen molar-refractivity contribution in [1.29, 1.82) is 0 Å². The third-order valence-electron chi connectivity index (χ3n) is 4.64. The highest BCUT2D eigenvalue weighted by molar-refractivity contribution is 5.97. The molecule has 2 aromatic rings. The Morgan fingerprint density at radius 2 is 1.71 bits per heavy atom. The van der Waals surface area contributed by atoms with Crippen LogP contribution in [-0.2, 0) is 4.79 Å². The Hall–Kier alpha value is -2.56. The van der Waals surface area contributed by atoms with Gasteiger partial charge in [0.15, 0.2) is 0 Å². The summed E-state index contributed by atoms with van der Waals surface area (Å²) in [5.41, 5.74) is 3.53. The summed E-state index contributed by atoms with van der Waals surface area (Å²) < 4.78 is 2.11. The first-order valence-electron chi connectivity index (χ1n) is 7.99. The molecule has 2 unspecified atom stereocenters. The van der Waals surface area contributed by atoms with Crippen molar-refractivity contribution in [2.75, 3.05) is 7.05 Å². The van der Waals surface area contributed by atoms with E-state index in [1.165, 1.54) is 18.9 Å². The van der Waals surface area contributed by atoms with Gasteiger partial charge in [-0.25, -0.2) is 4.79 Å². The summed E-state index contributed by atoms with van der Waals surface area (Å²) in [6.45, 7) is 7.46. The Labute approximate surface area is 142 Å². The quantitative estimate of drug-likeness (QED) is 0.916. The first-order valence-corrected chi connectivity index (χ1v) is 7.99. The zero-order chi connectivity index (χ0) is 18.0. The predicted octanol–water partition coefficient (Wildman–Crippen LogP) is 3.26. The van der Waals surface area contributed by atoms with Gasteiger partial charge >= 0.3 is 5.97 Å². The largest absolute Gasteiger partial charge is 0.480 e. The van der Waals surface area contributed by atoms with E-state index in [1.54, 1.807) is 0 Å². The van der Waals surface area contributed by atoms with E-state index in [1.807, 2.05) is 38.1 Å². The maximum atomic E-state index is 12.7. The van der Waals surface area contributed by atoms with Gasteiger partial charge in [-0.05, 0) is 39.3 Å². The molecule has 0 aliphatic rings. The zero-order valence-corrected chi connectivity index (χ0v) is 14.8. The van der Waals surface area contributed by atoms with E-state index < -0.39 is 12.0 Å². The molecule has 2 rings (SSSR count). The van der Waals surface area contributed by atoms with Gasteiger partial charge in [-0.15, -0.1) is 0 Å².